The number of para-hydroxylation sites is 2. The number of nitrogens with one attached hydrogen (secondary N) is 2. The maximum atomic E-state index is 8.13. The molecule has 122 valence electrons. The first-order chi connectivity index (χ1) is 10.7. The van der Waals surface area contributed by atoms with Crippen molar-refractivity contribution in [1.82, 2.24) is 0 Å². The summed E-state index contributed by atoms with van der Waals surface area (Å²) in [6.45, 7) is 7.54. The van der Waals surface area contributed by atoms with E-state index in [-0.39, 0.29) is 0 Å². The van der Waals surface area contributed by atoms with Crippen LogP contribution in [0.2, 0.25) is 0 Å². The van der Waals surface area contributed by atoms with E-state index in [2.05, 4.69) is 35.3 Å². The third-order valence-corrected chi connectivity index (χ3v) is 3.85. The molecule has 0 amide bonds. The summed E-state index contributed by atoms with van der Waals surface area (Å²) in [6, 6.07) is 8.64. The topological polar surface area (TPSA) is 57.6 Å². The van der Waals surface area contributed by atoms with Gasteiger partial charge in [-0.3, -0.25) is 0 Å². The quantitative estimate of drug-likeness (QED) is 0.515. The number of anilines is 2. The van der Waals surface area contributed by atoms with E-state index in [9.17, 15) is 0 Å². The Labute approximate surface area is 133 Å². The molecule has 5 heteroatoms. The van der Waals surface area contributed by atoms with Gasteiger partial charge in [-0.25, -0.2) is 0 Å². The molecule has 0 saturated heterocycles. The van der Waals surface area contributed by atoms with E-state index in [0.717, 1.165) is 25.4 Å². The van der Waals surface area contributed by atoms with E-state index in [1.165, 1.54) is 11.4 Å². The first kappa shape index (κ1) is 16.8. The summed E-state index contributed by atoms with van der Waals surface area (Å²) >= 11 is 0. The van der Waals surface area contributed by atoms with Gasteiger partial charge >= 0.3 is 0 Å². The minimum atomic E-state index is 0.312. The molecule has 1 atom stereocenters. The van der Waals surface area contributed by atoms with Crippen LogP contribution in [0.4, 0.5) is 11.4 Å². The molecule has 0 saturated carbocycles. The molecule has 0 fully saturated rings. The van der Waals surface area contributed by atoms with Gasteiger partial charge in [0.05, 0.1) is 37.9 Å². The van der Waals surface area contributed by atoms with Crippen molar-refractivity contribution < 1.29 is 9.47 Å². The third-order valence-electron chi connectivity index (χ3n) is 3.85. The molecule has 5 nitrogen and oxygen atoms in total. The summed E-state index contributed by atoms with van der Waals surface area (Å²) in [6.07, 6.45) is 1.46. The molecule has 1 heterocycles. The second-order valence-corrected chi connectivity index (χ2v) is 5.54. The number of hydrogen-bond acceptors (Lipinski definition) is 5. The Balaban J connectivity index is 1.69. The van der Waals surface area contributed by atoms with Crippen molar-refractivity contribution in [3.63, 3.8) is 0 Å². The largest absolute Gasteiger partial charge is 0.379 e. The minimum Gasteiger partial charge on any atom is -0.379 e. The summed E-state index contributed by atoms with van der Waals surface area (Å²) in [7, 11) is 0. The molecule has 1 unspecified atom stereocenters. The van der Waals surface area contributed by atoms with Crippen molar-refractivity contribution in [3.8, 4) is 0 Å². The van der Waals surface area contributed by atoms with Gasteiger partial charge in [-0.1, -0.05) is 12.1 Å². The van der Waals surface area contributed by atoms with Crippen LogP contribution in [0.5, 0.6) is 0 Å². The van der Waals surface area contributed by atoms with E-state index < -0.39 is 0 Å². The third kappa shape index (κ3) is 4.71. The number of nitrogens with zero attached hydrogens (tertiary/aromatic N) is 1. The normalized spacial score (nSPS) is 14.5. The number of rotatable bonds is 10. The molecule has 1 aliphatic rings. The lowest BCUT2D eigenvalue weighted by Gasteiger charge is -2.26. The van der Waals surface area contributed by atoms with Crippen LogP contribution < -0.4 is 10.2 Å². The molecular formula is C17H27N3O2. The molecule has 1 aromatic carbocycles. The number of fused-ring (bicyclic) bond motifs is 1. The van der Waals surface area contributed by atoms with Gasteiger partial charge in [0, 0.05) is 31.2 Å². The lowest BCUT2D eigenvalue weighted by atomic mass is 10.1. The SMILES string of the molecule is CCOCCOCCC(=N)CC(C)N1CNc2ccccc21. The highest BCUT2D eigenvalue weighted by molar-refractivity contribution is 5.83. The second-order valence-electron chi connectivity index (χ2n) is 5.54. The highest BCUT2D eigenvalue weighted by atomic mass is 16.5. The van der Waals surface area contributed by atoms with Gasteiger partial charge < -0.3 is 25.1 Å². The van der Waals surface area contributed by atoms with Gasteiger partial charge in [0.25, 0.3) is 0 Å². The molecule has 0 aromatic heterocycles. The van der Waals surface area contributed by atoms with E-state index in [4.69, 9.17) is 14.9 Å². The molecule has 22 heavy (non-hydrogen) atoms. The van der Waals surface area contributed by atoms with Gasteiger partial charge in [0.1, 0.15) is 0 Å². The predicted octanol–water partition coefficient (Wildman–Crippen LogP) is 3.12. The van der Waals surface area contributed by atoms with Crippen LogP contribution in [-0.2, 0) is 9.47 Å². The first-order valence-corrected chi connectivity index (χ1v) is 8.03. The van der Waals surface area contributed by atoms with Gasteiger partial charge in [-0.05, 0) is 26.0 Å². The fraction of sp³-hybridized carbons (Fsp3) is 0.588. The van der Waals surface area contributed by atoms with Crippen LogP contribution in [0.3, 0.4) is 0 Å². The molecule has 1 aromatic rings. The van der Waals surface area contributed by atoms with Gasteiger partial charge in [-0.2, -0.15) is 0 Å². The van der Waals surface area contributed by atoms with E-state index in [1.54, 1.807) is 0 Å². The summed E-state index contributed by atoms with van der Waals surface area (Å²) < 4.78 is 10.7. The Bertz CT molecular complexity index is 479. The van der Waals surface area contributed by atoms with Crippen molar-refractivity contribution in [1.29, 1.82) is 5.41 Å². The molecule has 2 rings (SSSR count). The van der Waals surface area contributed by atoms with Crippen LogP contribution in [0.1, 0.15) is 26.7 Å². The molecule has 0 radical (unpaired) electrons. The van der Waals surface area contributed by atoms with Crippen LogP contribution in [0.25, 0.3) is 0 Å². The first-order valence-electron chi connectivity index (χ1n) is 8.03. The zero-order valence-electron chi connectivity index (χ0n) is 13.6. The standard InChI is InChI=1S/C17H27N3O2/c1-3-21-10-11-22-9-8-15(18)12-14(2)20-13-19-16-6-4-5-7-17(16)20/h4-7,14,18-19H,3,8-13H2,1-2H3. The minimum absolute atomic E-state index is 0.312. The summed E-state index contributed by atoms with van der Waals surface area (Å²) in [5, 5.41) is 11.5. The van der Waals surface area contributed by atoms with Gasteiger partial charge in [0.2, 0.25) is 0 Å². The molecule has 0 bridgehead atoms. The second kappa shape index (κ2) is 8.76. The average molecular weight is 305 g/mol. The lowest BCUT2D eigenvalue weighted by Crippen LogP contribution is -2.34. The Hall–Kier alpha value is -1.59. The molecular weight excluding hydrogens is 278 g/mol. The smallest absolute Gasteiger partial charge is 0.0880 e. The number of hydrogen-bond donors (Lipinski definition) is 2. The molecule has 0 spiro atoms. The fourth-order valence-electron chi connectivity index (χ4n) is 2.65. The highest BCUT2D eigenvalue weighted by Crippen LogP contribution is 2.32. The lowest BCUT2D eigenvalue weighted by molar-refractivity contribution is 0.0556. The van der Waals surface area contributed by atoms with Crippen LogP contribution >= 0.6 is 0 Å². The zero-order chi connectivity index (χ0) is 15.8. The fourth-order valence-corrected chi connectivity index (χ4v) is 2.65. The highest BCUT2D eigenvalue weighted by Gasteiger charge is 2.23. The Morgan fingerprint density at radius 3 is 2.86 bits per heavy atom. The molecule has 1 aliphatic heterocycles. The summed E-state index contributed by atoms with van der Waals surface area (Å²) in [5.41, 5.74) is 3.16. The monoisotopic (exact) mass is 305 g/mol. The van der Waals surface area contributed by atoms with Crippen LogP contribution in [0, 0.1) is 5.41 Å². The van der Waals surface area contributed by atoms with Gasteiger partial charge in [-0.15, -0.1) is 0 Å². The average Bonchev–Trinajstić information content (AvgIpc) is 2.95. The number of benzene rings is 1. The zero-order valence-corrected chi connectivity index (χ0v) is 13.6. The van der Waals surface area contributed by atoms with E-state index in [1.807, 2.05) is 13.0 Å². The van der Waals surface area contributed by atoms with Crippen molar-refractivity contribution in [2.75, 3.05) is 43.3 Å². The Kier molecular flexibility index (Phi) is 6.68. The Morgan fingerprint density at radius 1 is 1.27 bits per heavy atom. The Morgan fingerprint density at radius 2 is 2.05 bits per heavy atom. The van der Waals surface area contributed by atoms with E-state index >= 15 is 0 Å². The molecule has 0 aliphatic carbocycles. The maximum Gasteiger partial charge on any atom is 0.0880 e. The molecule has 2 N–H and O–H groups in total. The van der Waals surface area contributed by atoms with Crippen molar-refractivity contribution in [2.24, 2.45) is 0 Å². The van der Waals surface area contributed by atoms with Crippen LogP contribution in [-0.4, -0.2) is 44.8 Å². The summed E-state index contributed by atoms with van der Waals surface area (Å²) in [5.74, 6) is 0. The van der Waals surface area contributed by atoms with Gasteiger partial charge in [0.15, 0.2) is 0 Å². The van der Waals surface area contributed by atoms with Crippen LogP contribution in [0.15, 0.2) is 24.3 Å². The number of ether oxygens (including phenoxy) is 2. The predicted molar refractivity (Wildman–Crippen MR) is 91.1 cm³/mol. The van der Waals surface area contributed by atoms with E-state index in [0.29, 0.717) is 32.3 Å². The van der Waals surface area contributed by atoms with Crippen molar-refractivity contribution >= 4 is 17.1 Å². The summed E-state index contributed by atoms with van der Waals surface area (Å²) in [4.78, 5) is 2.32. The maximum absolute atomic E-state index is 8.13. The van der Waals surface area contributed by atoms with Crippen molar-refractivity contribution in [2.45, 2.75) is 32.7 Å². The van der Waals surface area contributed by atoms with Crippen molar-refractivity contribution in [3.05, 3.63) is 24.3 Å².